The molecular formula is C13H18N4. The lowest BCUT2D eigenvalue weighted by Crippen LogP contribution is -2.04. The minimum atomic E-state index is 0.889. The molecule has 0 saturated heterocycles. The summed E-state index contributed by atoms with van der Waals surface area (Å²) in [6.45, 7) is 7.13. The van der Waals surface area contributed by atoms with E-state index in [-0.39, 0.29) is 0 Å². The van der Waals surface area contributed by atoms with E-state index in [1.165, 1.54) is 0 Å². The highest BCUT2D eigenvalue weighted by Crippen LogP contribution is 2.18. The molecule has 2 aromatic rings. The fourth-order valence-electron chi connectivity index (χ4n) is 1.79. The van der Waals surface area contributed by atoms with E-state index >= 15 is 0 Å². The van der Waals surface area contributed by atoms with Crippen molar-refractivity contribution in [1.82, 2.24) is 14.5 Å². The molecule has 90 valence electrons. The highest BCUT2D eigenvalue weighted by molar-refractivity contribution is 5.56. The molecule has 4 heteroatoms. The summed E-state index contributed by atoms with van der Waals surface area (Å²) < 4.78 is 2.14. The van der Waals surface area contributed by atoms with Crippen LogP contribution in [0.25, 0.3) is 0 Å². The number of pyridine rings is 1. The maximum atomic E-state index is 4.49. The fraction of sp³-hybridized carbons (Fsp3) is 0.385. The molecule has 0 aliphatic carbocycles. The number of rotatable bonds is 4. The van der Waals surface area contributed by atoms with Gasteiger partial charge in [-0.25, -0.2) is 4.98 Å². The summed E-state index contributed by atoms with van der Waals surface area (Å²) in [5, 5.41) is 3.34. The zero-order valence-electron chi connectivity index (χ0n) is 10.6. The van der Waals surface area contributed by atoms with Crippen LogP contribution in [0.15, 0.2) is 24.5 Å². The van der Waals surface area contributed by atoms with Crippen molar-refractivity contribution in [2.24, 2.45) is 0 Å². The van der Waals surface area contributed by atoms with Crippen LogP contribution < -0.4 is 5.32 Å². The molecule has 0 saturated carbocycles. The van der Waals surface area contributed by atoms with Crippen LogP contribution in [0.5, 0.6) is 0 Å². The summed E-state index contributed by atoms with van der Waals surface area (Å²) in [4.78, 5) is 8.75. The van der Waals surface area contributed by atoms with E-state index in [2.05, 4.69) is 33.0 Å². The van der Waals surface area contributed by atoms with E-state index < -0.39 is 0 Å². The second kappa shape index (κ2) is 4.99. The van der Waals surface area contributed by atoms with Gasteiger partial charge in [0.05, 0.1) is 17.1 Å². The van der Waals surface area contributed by atoms with Gasteiger partial charge in [0, 0.05) is 18.9 Å². The lowest BCUT2D eigenvalue weighted by molar-refractivity contribution is 0.686. The van der Waals surface area contributed by atoms with Crippen LogP contribution in [-0.4, -0.2) is 14.5 Å². The van der Waals surface area contributed by atoms with Gasteiger partial charge in [0.2, 0.25) is 5.95 Å². The summed E-state index contributed by atoms with van der Waals surface area (Å²) in [5.74, 6) is 0.889. The third-order valence-electron chi connectivity index (χ3n) is 2.61. The highest BCUT2D eigenvalue weighted by Gasteiger charge is 2.06. The zero-order valence-corrected chi connectivity index (χ0v) is 10.6. The predicted octanol–water partition coefficient (Wildman–Crippen LogP) is 3.05. The van der Waals surface area contributed by atoms with Crippen LogP contribution in [0.2, 0.25) is 0 Å². The van der Waals surface area contributed by atoms with Crippen LogP contribution >= 0.6 is 0 Å². The maximum absolute atomic E-state index is 4.49. The van der Waals surface area contributed by atoms with Crippen molar-refractivity contribution in [2.45, 2.75) is 33.7 Å². The van der Waals surface area contributed by atoms with Crippen molar-refractivity contribution in [3.8, 4) is 0 Å². The zero-order chi connectivity index (χ0) is 12.3. The van der Waals surface area contributed by atoms with Crippen molar-refractivity contribution in [1.29, 1.82) is 0 Å². The molecule has 0 aliphatic heterocycles. The Bertz CT molecular complexity index is 502. The van der Waals surface area contributed by atoms with Gasteiger partial charge in [-0.05, 0) is 32.4 Å². The van der Waals surface area contributed by atoms with E-state index in [1.54, 1.807) is 6.20 Å². The summed E-state index contributed by atoms with van der Waals surface area (Å²) in [6, 6.07) is 3.94. The first-order valence-electron chi connectivity index (χ1n) is 5.93. The number of anilines is 2. The number of aryl methyl sites for hydroxylation is 3. The van der Waals surface area contributed by atoms with Crippen molar-refractivity contribution < 1.29 is 0 Å². The summed E-state index contributed by atoms with van der Waals surface area (Å²) in [6.07, 6.45) is 4.96. The van der Waals surface area contributed by atoms with Gasteiger partial charge in [-0.3, -0.25) is 4.98 Å². The number of imidazole rings is 1. The summed E-state index contributed by atoms with van der Waals surface area (Å²) in [5.41, 5.74) is 3.02. The molecule has 0 radical (unpaired) electrons. The topological polar surface area (TPSA) is 42.7 Å². The summed E-state index contributed by atoms with van der Waals surface area (Å²) >= 11 is 0. The largest absolute Gasteiger partial charge is 0.324 e. The van der Waals surface area contributed by atoms with Crippen LogP contribution in [0.1, 0.15) is 24.7 Å². The van der Waals surface area contributed by atoms with Gasteiger partial charge in [0.25, 0.3) is 0 Å². The number of nitrogens with one attached hydrogen (secondary N) is 1. The molecule has 0 amide bonds. The quantitative estimate of drug-likeness (QED) is 0.877. The van der Waals surface area contributed by atoms with Gasteiger partial charge < -0.3 is 9.88 Å². The van der Waals surface area contributed by atoms with Crippen molar-refractivity contribution in [2.75, 3.05) is 5.32 Å². The first kappa shape index (κ1) is 11.6. The average Bonchev–Trinajstić information content (AvgIpc) is 2.63. The van der Waals surface area contributed by atoms with Crippen molar-refractivity contribution in [3.63, 3.8) is 0 Å². The predicted molar refractivity (Wildman–Crippen MR) is 69.5 cm³/mol. The van der Waals surface area contributed by atoms with Crippen LogP contribution in [-0.2, 0) is 6.54 Å². The van der Waals surface area contributed by atoms with Gasteiger partial charge in [0.1, 0.15) is 0 Å². The first-order chi connectivity index (χ1) is 8.20. The normalized spacial score (nSPS) is 10.5. The van der Waals surface area contributed by atoms with E-state index in [0.717, 1.165) is 36.0 Å². The Balaban J connectivity index is 2.26. The smallest absolute Gasteiger partial charge is 0.207 e. The van der Waals surface area contributed by atoms with E-state index in [0.29, 0.717) is 0 Å². The number of hydrogen-bond acceptors (Lipinski definition) is 3. The Kier molecular flexibility index (Phi) is 3.42. The maximum Gasteiger partial charge on any atom is 0.207 e. The molecule has 2 aromatic heterocycles. The molecule has 0 aromatic carbocycles. The minimum absolute atomic E-state index is 0.889. The molecule has 0 bridgehead atoms. The minimum Gasteiger partial charge on any atom is -0.324 e. The lowest BCUT2D eigenvalue weighted by Gasteiger charge is -2.09. The van der Waals surface area contributed by atoms with Gasteiger partial charge in [0.15, 0.2) is 0 Å². The molecule has 17 heavy (non-hydrogen) atoms. The molecule has 1 N–H and O–H groups in total. The third kappa shape index (κ3) is 2.64. The number of aromatic nitrogens is 3. The average molecular weight is 230 g/mol. The Labute approximate surface area is 102 Å². The van der Waals surface area contributed by atoms with Crippen molar-refractivity contribution >= 4 is 11.6 Å². The lowest BCUT2D eigenvalue weighted by atomic mass is 10.3. The molecule has 0 fully saturated rings. The Morgan fingerprint density at radius 3 is 2.88 bits per heavy atom. The van der Waals surface area contributed by atoms with Crippen LogP contribution in [0, 0.1) is 13.8 Å². The van der Waals surface area contributed by atoms with Gasteiger partial charge in [-0.1, -0.05) is 6.92 Å². The van der Waals surface area contributed by atoms with Crippen molar-refractivity contribution in [3.05, 3.63) is 35.9 Å². The van der Waals surface area contributed by atoms with Crippen LogP contribution in [0.4, 0.5) is 11.6 Å². The Hall–Kier alpha value is -1.84. The number of nitrogens with zero attached hydrogens (tertiary/aromatic N) is 3. The molecule has 2 heterocycles. The second-order valence-corrected chi connectivity index (χ2v) is 4.16. The monoisotopic (exact) mass is 230 g/mol. The Morgan fingerprint density at radius 2 is 2.18 bits per heavy atom. The van der Waals surface area contributed by atoms with Crippen LogP contribution in [0.3, 0.4) is 0 Å². The molecule has 0 aliphatic rings. The second-order valence-electron chi connectivity index (χ2n) is 4.16. The summed E-state index contributed by atoms with van der Waals surface area (Å²) in [7, 11) is 0. The molecule has 0 atom stereocenters. The standard InChI is InChI=1S/C13H18N4/c1-4-8-17-9-10(2)15-13(17)16-12-6-5-7-14-11(12)3/h5-7,9H,4,8H2,1-3H3,(H,15,16). The van der Waals surface area contributed by atoms with E-state index in [9.17, 15) is 0 Å². The molecule has 0 unspecified atom stereocenters. The van der Waals surface area contributed by atoms with Gasteiger partial charge in [-0.15, -0.1) is 0 Å². The SMILES string of the molecule is CCCn1cc(C)nc1Nc1cccnc1C. The van der Waals surface area contributed by atoms with E-state index in [1.807, 2.05) is 26.0 Å². The highest BCUT2D eigenvalue weighted by atomic mass is 15.2. The molecular weight excluding hydrogens is 212 g/mol. The molecule has 4 nitrogen and oxygen atoms in total. The van der Waals surface area contributed by atoms with Gasteiger partial charge in [-0.2, -0.15) is 0 Å². The van der Waals surface area contributed by atoms with E-state index in [4.69, 9.17) is 0 Å². The molecule has 0 spiro atoms. The Morgan fingerprint density at radius 1 is 1.35 bits per heavy atom. The molecule has 2 rings (SSSR count). The first-order valence-corrected chi connectivity index (χ1v) is 5.93. The third-order valence-corrected chi connectivity index (χ3v) is 2.61. The number of hydrogen-bond donors (Lipinski definition) is 1. The fourth-order valence-corrected chi connectivity index (χ4v) is 1.79. The van der Waals surface area contributed by atoms with Gasteiger partial charge >= 0.3 is 0 Å².